The van der Waals surface area contributed by atoms with Crippen molar-refractivity contribution in [3.63, 3.8) is 0 Å². The SMILES string of the molecule is Fc1ccc(CCNC2CCCNC2)cc1Cl. The number of nitrogens with one attached hydrogen (secondary N) is 2. The third-order valence-electron chi connectivity index (χ3n) is 3.13. The predicted octanol–water partition coefficient (Wildman–Crippen LogP) is 2.36. The highest BCUT2D eigenvalue weighted by atomic mass is 35.5. The number of hydrogen-bond donors (Lipinski definition) is 2. The van der Waals surface area contributed by atoms with Gasteiger partial charge in [0.25, 0.3) is 0 Å². The van der Waals surface area contributed by atoms with Gasteiger partial charge in [-0.05, 0) is 50.0 Å². The summed E-state index contributed by atoms with van der Waals surface area (Å²) in [4.78, 5) is 0. The van der Waals surface area contributed by atoms with E-state index in [-0.39, 0.29) is 10.8 Å². The molecule has 0 amide bonds. The van der Waals surface area contributed by atoms with Crippen LogP contribution in [0.2, 0.25) is 5.02 Å². The van der Waals surface area contributed by atoms with E-state index in [0.717, 1.165) is 31.6 Å². The lowest BCUT2D eigenvalue weighted by Gasteiger charge is -2.23. The van der Waals surface area contributed by atoms with Crippen molar-refractivity contribution in [1.29, 1.82) is 0 Å². The van der Waals surface area contributed by atoms with Crippen LogP contribution >= 0.6 is 11.6 Å². The summed E-state index contributed by atoms with van der Waals surface area (Å²) in [7, 11) is 0. The molecule has 0 spiro atoms. The molecule has 0 saturated carbocycles. The maximum atomic E-state index is 13.0. The van der Waals surface area contributed by atoms with E-state index in [0.29, 0.717) is 6.04 Å². The summed E-state index contributed by atoms with van der Waals surface area (Å²) in [6.07, 6.45) is 3.35. The molecule has 0 aliphatic carbocycles. The van der Waals surface area contributed by atoms with Crippen LogP contribution < -0.4 is 10.6 Å². The standard InChI is InChI=1S/C13H18ClFN2/c14-12-8-10(3-4-13(12)15)5-7-17-11-2-1-6-16-9-11/h3-4,8,11,16-17H,1-2,5-7,9H2. The van der Waals surface area contributed by atoms with Crippen LogP contribution in [0.15, 0.2) is 18.2 Å². The third-order valence-corrected chi connectivity index (χ3v) is 3.42. The van der Waals surface area contributed by atoms with E-state index in [4.69, 9.17) is 11.6 Å². The highest BCUT2D eigenvalue weighted by Crippen LogP contribution is 2.16. The second kappa shape index (κ2) is 6.34. The van der Waals surface area contributed by atoms with Gasteiger partial charge in [-0.3, -0.25) is 0 Å². The molecule has 1 fully saturated rings. The van der Waals surface area contributed by atoms with E-state index in [1.165, 1.54) is 18.9 Å². The van der Waals surface area contributed by atoms with Crippen LogP contribution in [0, 0.1) is 5.82 Å². The van der Waals surface area contributed by atoms with Crippen molar-refractivity contribution in [2.24, 2.45) is 0 Å². The van der Waals surface area contributed by atoms with Gasteiger partial charge in [-0.25, -0.2) is 4.39 Å². The fourth-order valence-corrected chi connectivity index (χ4v) is 2.34. The minimum atomic E-state index is -0.347. The molecule has 2 nitrogen and oxygen atoms in total. The monoisotopic (exact) mass is 256 g/mol. The van der Waals surface area contributed by atoms with E-state index >= 15 is 0 Å². The maximum absolute atomic E-state index is 13.0. The molecule has 1 saturated heterocycles. The van der Waals surface area contributed by atoms with Crippen molar-refractivity contribution in [2.75, 3.05) is 19.6 Å². The van der Waals surface area contributed by atoms with E-state index in [1.807, 2.05) is 0 Å². The van der Waals surface area contributed by atoms with Gasteiger partial charge in [0.1, 0.15) is 5.82 Å². The zero-order valence-corrected chi connectivity index (χ0v) is 10.6. The second-order valence-corrected chi connectivity index (χ2v) is 4.90. The Morgan fingerprint density at radius 3 is 3.06 bits per heavy atom. The first-order valence-electron chi connectivity index (χ1n) is 6.14. The largest absolute Gasteiger partial charge is 0.315 e. The lowest BCUT2D eigenvalue weighted by Crippen LogP contribution is -2.43. The highest BCUT2D eigenvalue weighted by Gasteiger charge is 2.11. The molecule has 1 aromatic carbocycles. The van der Waals surface area contributed by atoms with E-state index in [2.05, 4.69) is 10.6 Å². The quantitative estimate of drug-likeness (QED) is 0.864. The Kier molecular flexibility index (Phi) is 4.77. The first kappa shape index (κ1) is 12.8. The Morgan fingerprint density at radius 2 is 2.35 bits per heavy atom. The number of halogens is 2. The maximum Gasteiger partial charge on any atom is 0.141 e. The van der Waals surface area contributed by atoms with Crippen molar-refractivity contribution in [3.05, 3.63) is 34.6 Å². The zero-order chi connectivity index (χ0) is 12.1. The van der Waals surface area contributed by atoms with Gasteiger partial charge < -0.3 is 10.6 Å². The minimum Gasteiger partial charge on any atom is -0.315 e. The van der Waals surface area contributed by atoms with Crippen molar-refractivity contribution in [2.45, 2.75) is 25.3 Å². The van der Waals surface area contributed by atoms with Crippen LogP contribution in [-0.4, -0.2) is 25.7 Å². The Labute approximate surface area is 107 Å². The smallest absolute Gasteiger partial charge is 0.141 e. The molecule has 1 heterocycles. The van der Waals surface area contributed by atoms with Crippen LogP contribution in [0.25, 0.3) is 0 Å². The van der Waals surface area contributed by atoms with Gasteiger partial charge in [-0.15, -0.1) is 0 Å². The molecule has 94 valence electrons. The van der Waals surface area contributed by atoms with Gasteiger partial charge in [-0.1, -0.05) is 17.7 Å². The van der Waals surface area contributed by atoms with Gasteiger partial charge in [-0.2, -0.15) is 0 Å². The highest BCUT2D eigenvalue weighted by molar-refractivity contribution is 6.30. The first-order valence-corrected chi connectivity index (χ1v) is 6.51. The molecule has 2 N–H and O–H groups in total. The second-order valence-electron chi connectivity index (χ2n) is 4.50. The average molecular weight is 257 g/mol. The van der Waals surface area contributed by atoms with Crippen LogP contribution in [0.1, 0.15) is 18.4 Å². The van der Waals surface area contributed by atoms with Gasteiger partial charge in [0.2, 0.25) is 0 Å². The molecule has 0 aromatic heterocycles. The lowest BCUT2D eigenvalue weighted by atomic mass is 10.1. The van der Waals surface area contributed by atoms with E-state index in [1.54, 1.807) is 12.1 Å². The normalized spacial score (nSPS) is 20.5. The summed E-state index contributed by atoms with van der Waals surface area (Å²) in [5, 5.41) is 7.08. The molecule has 17 heavy (non-hydrogen) atoms. The topological polar surface area (TPSA) is 24.1 Å². The third kappa shape index (κ3) is 3.95. The van der Waals surface area contributed by atoms with Crippen molar-refractivity contribution < 1.29 is 4.39 Å². The van der Waals surface area contributed by atoms with Crippen LogP contribution in [0.5, 0.6) is 0 Å². The summed E-state index contributed by atoms with van der Waals surface area (Å²) in [6, 6.07) is 5.50. The fraction of sp³-hybridized carbons (Fsp3) is 0.538. The average Bonchev–Trinajstić information content (AvgIpc) is 2.35. The van der Waals surface area contributed by atoms with Crippen LogP contribution in [0.4, 0.5) is 4.39 Å². The van der Waals surface area contributed by atoms with E-state index in [9.17, 15) is 4.39 Å². The summed E-state index contributed by atoms with van der Waals surface area (Å²) in [5.74, 6) is -0.347. The number of rotatable bonds is 4. The zero-order valence-electron chi connectivity index (χ0n) is 9.81. The van der Waals surface area contributed by atoms with Gasteiger partial charge in [0.05, 0.1) is 5.02 Å². The number of piperidine rings is 1. The number of hydrogen-bond acceptors (Lipinski definition) is 2. The molecule has 1 aromatic rings. The number of benzene rings is 1. The molecule has 1 atom stereocenters. The van der Waals surface area contributed by atoms with Crippen molar-refractivity contribution >= 4 is 11.6 Å². The van der Waals surface area contributed by atoms with Gasteiger partial charge in [0, 0.05) is 12.6 Å². The minimum absolute atomic E-state index is 0.210. The Hall–Kier alpha value is -0.640. The summed E-state index contributed by atoms with van der Waals surface area (Å²) >= 11 is 5.74. The van der Waals surface area contributed by atoms with E-state index < -0.39 is 0 Å². The Bertz CT molecular complexity index is 364. The molecular weight excluding hydrogens is 239 g/mol. The molecule has 1 aliphatic heterocycles. The molecule has 1 unspecified atom stereocenters. The molecule has 4 heteroatoms. The Morgan fingerprint density at radius 1 is 1.47 bits per heavy atom. The van der Waals surface area contributed by atoms with Crippen LogP contribution in [-0.2, 0) is 6.42 Å². The summed E-state index contributed by atoms with van der Waals surface area (Å²) in [5.41, 5.74) is 1.08. The summed E-state index contributed by atoms with van der Waals surface area (Å²) in [6.45, 7) is 3.09. The van der Waals surface area contributed by atoms with Crippen molar-refractivity contribution in [3.8, 4) is 0 Å². The lowest BCUT2D eigenvalue weighted by molar-refractivity contribution is 0.392. The molecule has 0 radical (unpaired) electrons. The molecular formula is C13H18ClFN2. The predicted molar refractivity (Wildman–Crippen MR) is 69.0 cm³/mol. The Balaban J connectivity index is 1.75. The van der Waals surface area contributed by atoms with Gasteiger partial charge >= 0.3 is 0 Å². The first-order chi connectivity index (χ1) is 8.25. The fourth-order valence-electron chi connectivity index (χ4n) is 2.14. The molecule has 1 aliphatic rings. The van der Waals surface area contributed by atoms with Crippen molar-refractivity contribution in [1.82, 2.24) is 10.6 Å². The summed E-state index contributed by atoms with van der Waals surface area (Å²) < 4.78 is 13.0. The van der Waals surface area contributed by atoms with Crippen LogP contribution in [0.3, 0.4) is 0 Å². The molecule has 0 bridgehead atoms. The van der Waals surface area contributed by atoms with Gasteiger partial charge in [0.15, 0.2) is 0 Å². The molecule has 2 rings (SSSR count).